The van der Waals surface area contributed by atoms with Gasteiger partial charge in [0.1, 0.15) is 0 Å². The van der Waals surface area contributed by atoms with Crippen LogP contribution in [0.2, 0.25) is 0 Å². The zero-order chi connectivity index (χ0) is 21.0. The Labute approximate surface area is 204 Å². The predicted molar refractivity (Wildman–Crippen MR) is 138 cm³/mol. The van der Waals surface area contributed by atoms with E-state index in [2.05, 4.69) is 58.7 Å². The first kappa shape index (κ1) is 25.6. The van der Waals surface area contributed by atoms with Crippen LogP contribution in [-0.2, 0) is 29.2 Å². The second kappa shape index (κ2) is 14.4. The number of ether oxygens (including phenoxy) is 2. The Kier molecular flexibility index (Phi) is 11.9. The molecule has 0 spiro atoms. The van der Waals surface area contributed by atoms with Gasteiger partial charge in [-0.1, -0.05) is 54.6 Å². The number of benzene rings is 2. The molecule has 0 atom stereocenters. The Morgan fingerprint density at radius 1 is 1.00 bits per heavy atom. The molecular formula is C25H36IN3O2. The average Bonchev–Trinajstić information content (AvgIpc) is 2.80. The lowest BCUT2D eigenvalue weighted by Gasteiger charge is -2.26. The van der Waals surface area contributed by atoms with Gasteiger partial charge in [-0.25, -0.2) is 0 Å². The molecule has 2 aromatic rings. The monoisotopic (exact) mass is 537 g/mol. The molecule has 31 heavy (non-hydrogen) atoms. The van der Waals surface area contributed by atoms with Crippen LogP contribution >= 0.6 is 24.0 Å². The number of nitrogens with one attached hydrogen (secondary N) is 1. The lowest BCUT2D eigenvalue weighted by Crippen LogP contribution is -2.39. The number of hydrogen-bond donors (Lipinski definition) is 1. The van der Waals surface area contributed by atoms with Crippen molar-refractivity contribution in [3.63, 3.8) is 0 Å². The van der Waals surface area contributed by atoms with Crippen molar-refractivity contribution in [2.75, 3.05) is 33.9 Å². The van der Waals surface area contributed by atoms with Gasteiger partial charge in [-0.2, -0.15) is 0 Å². The minimum atomic E-state index is 0. The zero-order valence-electron chi connectivity index (χ0n) is 18.8. The summed E-state index contributed by atoms with van der Waals surface area (Å²) in [6.45, 7) is 4.87. The first-order chi connectivity index (χ1) is 14.7. The van der Waals surface area contributed by atoms with Crippen LogP contribution in [0.1, 0.15) is 36.0 Å². The molecule has 1 fully saturated rings. The van der Waals surface area contributed by atoms with Crippen molar-refractivity contribution in [3.8, 4) is 0 Å². The van der Waals surface area contributed by atoms with Gasteiger partial charge in [0.25, 0.3) is 0 Å². The highest BCUT2D eigenvalue weighted by Gasteiger charge is 2.15. The average molecular weight is 537 g/mol. The van der Waals surface area contributed by atoms with Crippen molar-refractivity contribution in [2.24, 2.45) is 10.9 Å². The Hall–Kier alpha value is -1.64. The Morgan fingerprint density at radius 3 is 2.26 bits per heavy atom. The molecule has 0 radical (unpaired) electrons. The van der Waals surface area contributed by atoms with Gasteiger partial charge in [0.2, 0.25) is 0 Å². The molecule has 0 aliphatic carbocycles. The number of guanidine groups is 1. The van der Waals surface area contributed by atoms with Gasteiger partial charge in [-0.3, -0.25) is 4.99 Å². The van der Waals surface area contributed by atoms with Gasteiger partial charge >= 0.3 is 0 Å². The number of hydrogen-bond acceptors (Lipinski definition) is 3. The Bertz CT molecular complexity index is 762. The fourth-order valence-electron chi connectivity index (χ4n) is 3.70. The van der Waals surface area contributed by atoms with Gasteiger partial charge in [0.15, 0.2) is 5.96 Å². The number of nitrogens with zero attached hydrogens (tertiary/aromatic N) is 2. The molecule has 0 amide bonds. The normalized spacial score (nSPS) is 14.7. The summed E-state index contributed by atoms with van der Waals surface area (Å²) in [6.07, 6.45) is 3.56. The molecule has 1 aliphatic rings. The van der Waals surface area contributed by atoms with Crippen LogP contribution in [0.5, 0.6) is 0 Å². The van der Waals surface area contributed by atoms with Crippen LogP contribution in [0.3, 0.4) is 0 Å². The summed E-state index contributed by atoms with van der Waals surface area (Å²) < 4.78 is 11.3. The molecule has 1 N–H and O–H groups in total. The minimum absolute atomic E-state index is 0. The third kappa shape index (κ3) is 9.17. The Balaban J connectivity index is 0.00000341. The van der Waals surface area contributed by atoms with Gasteiger partial charge in [0.05, 0.1) is 13.2 Å². The summed E-state index contributed by atoms with van der Waals surface area (Å²) in [7, 11) is 3.96. The van der Waals surface area contributed by atoms with Crippen LogP contribution < -0.4 is 5.32 Å². The van der Waals surface area contributed by atoms with Gasteiger partial charge < -0.3 is 19.7 Å². The van der Waals surface area contributed by atoms with Gasteiger partial charge in [0, 0.05) is 40.4 Å². The molecule has 0 saturated carbocycles. The molecule has 0 bridgehead atoms. The van der Waals surface area contributed by atoms with E-state index in [1.54, 1.807) is 0 Å². The topological polar surface area (TPSA) is 46.1 Å². The van der Waals surface area contributed by atoms with E-state index in [4.69, 9.17) is 9.47 Å². The van der Waals surface area contributed by atoms with Crippen molar-refractivity contribution >= 4 is 29.9 Å². The Morgan fingerprint density at radius 2 is 1.61 bits per heavy atom. The zero-order valence-corrected chi connectivity index (χ0v) is 21.1. The maximum absolute atomic E-state index is 5.82. The quantitative estimate of drug-likeness (QED) is 0.283. The van der Waals surface area contributed by atoms with E-state index in [0.29, 0.717) is 13.2 Å². The molecule has 3 rings (SSSR count). The van der Waals surface area contributed by atoms with E-state index in [1.807, 2.05) is 25.2 Å². The first-order valence-corrected chi connectivity index (χ1v) is 10.9. The molecule has 170 valence electrons. The fraction of sp³-hybridized carbons (Fsp3) is 0.480. The van der Waals surface area contributed by atoms with Crippen molar-refractivity contribution in [1.82, 2.24) is 10.2 Å². The van der Waals surface area contributed by atoms with E-state index in [0.717, 1.165) is 38.2 Å². The van der Waals surface area contributed by atoms with Gasteiger partial charge in [-0.05, 0) is 41.9 Å². The number of halogens is 1. The summed E-state index contributed by atoms with van der Waals surface area (Å²) in [5.74, 6) is 1.72. The van der Waals surface area contributed by atoms with E-state index < -0.39 is 0 Å². The van der Waals surface area contributed by atoms with Crippen LogP contribution in [0.4, 0.5) is 0 Å². The van der Waals surface area contributed by atoms with Crippen LogP contribution in [0.15, 0.2) is 59.6 Å². The predicted octanol–water partition coefficient (Wildman–Crippen LogP) is 4.85. The number of aliphatic imine (C=N–C) groups is 1. The summed E-state index contributed by atoms with van der Waals surface area (Å²) >= 11 is 0. The van der Waals surface area contributed by atoms with E-state index in [1.165, 1.54) is 36.0 Å². The molecular weight excluding hydrogens is 501 g/mol. The summed E-state index contributed by atoms with van der Waals surface area (Å²) in [4.78, 5) is 6.66. The van der Waals surface area contributed by atoms with Gasteiger partial charge in [-0.15, -0.1) is 24.0 Å². The molecule has 1 saturated heterocycles. The lowest BCUT2D eigenvalue weighted by molar-refractivity contribution is 0.0625. The first-order valence-electron chi connectivity index (χ1n) is 10.9. The maximum Gasteiger partial charge on any atom is 0.193 e. The van der Waals surface area contributed by atoms with Crippen molar-refractivity contribution in [1.29, 1.82) is 0 Å². The fourth-order valence-corrected chi connectivity index (χ4v) is 3.70. The second-order valence-electron chi connectivity index (χ2n) is 7.96. The van der Waals surface area contributed by atoms with Crippen LogP contribution in [0.25, 0.3) is 0 Å². The van der Waals surface area contributed by atoms with Crippen molar-refractivity contribution in [2.45, 2.75) is 39.0 Å². The standard InChI is InChI=1S/C25H35N3O2.HI/c1-26-25(28(2)15-12-21-13-16-29-17-14-21)27-18-22-8-10-24(11-9-22)20-30-19-23-6-4-3-5-7-23;/h3-11,21H,12-20H2,1-2H3,(H,26,27);1H. The highest BCUT2D eigenvalue weighted by atomic mass is 127. The summed E-state index contributed by atoms with van der Waals surface area (Å²) in [5.41, 5.74) is 3.62. The van der Waals surface area contributed by atoms with E-state index >= 15 is 0 Å². The number of rotatable bonds is 9. The largest absolute Gasteiger partial charge is 0.381 e. The lowest BCUT2D eigenvalue weighted by atomic mass is 9.96. The third-order valence-corrected chi connectivity index (χ3v) is 5.64. The van der Waals surface area contributed by atoms with Crippen LogP contribution in [0, 0.1) is 5.92 Å². The summed E-state index contributed by atoms with van der Waals surface area (Å²) in [6, 6.07) is 18.9. The molecule has 2 aromatic carbocycles. The minimum Gasteiger partial charge on any atom is -0.381 e. The smallest absolute Gasteiger partial charge is 0.193 e. The molecule has 0 aromatic heterocycles. The molecule has 1 aliphatic heterocycles. The van der Waals surface area contributed by atoms with Crippen molar-refractivity contribution < 1.29 is 9.47 Å². The van der Waals surface area contributed by atoms with E-state index in [-0.39, 0.29) is 24.0 Å². The second-order valence-corrected chi connectivity index (χ2v) is 7.96. The third-order valence-electron chi connectivity index (χ3n) is 5.64. The molecule has 1 heterocycles. The highest BCUT2D eigenvalue weighted by molar-refractivity contribution is 14.0. The molecule has 0 unspecified atom stereocenters. The van der Waals surface area contributed by atoms with Crippen molar-refractivity contribution in [3.05, 3.63) is 71.3 Å². The SMILES string of the molecule is CN=C(NCc1ccc(COCc2ccccc2)cc1)N(C)CCC1CCOCC1.I. The maximum atomic E-state index is 5.82. The van der Waals surface area contributed by atoms with E-state index in [9.17, 15) is 0 Å². The molecule has 6 heteroatoms. The highest BCUT2D eigenvalue weighted by Crippen LogP contribution is 2.18. The summed E-state index contributed by atoms with van der Waals surface area (Å²) in [5, 5.41) is 3.48. The molecule has 5 nitrogen and oxygen atoms in total. The van der Waals surface area contributed by atoms with Crippen LogP contribution in [-0.4, -0.2) is 44.7 Å².